The van der Waals surface area contributed by atoms with Crippen LogP contribution >= 0.6 is 11.3 Å². The Kier molecular flexibility index (Phi) is 6.50. The van der Waals surface area contributed by atoms with Gasteiger partial charge in [0.15, 0.2) is 5.96 Å². The van der Waals surface area contributed by atoms with E-state index >= 15 is 0 Å². The van der Waals surface area contributed by atoms with Crippen LogP contribution < -0.4 is 15.5 Å². The smallest absolute Gasteiger partial charge is 0.191 e. The number of nitrogens with zero attached hydrogens (tertiary/aromatic N) is 3. The number of hydrogen-bond acceptors (Lipinski definition) is 4. The van der Waals surface area contributed by atoms with Gasteiger partial charge in [0.1, 0.15) is 0 Å². The molecule has 0 radical (unpaired) electrons. The number of benzene rings is 1. The number of nitrogens with one attached hydrogen (secondary N) is 2. The van der Waals surface area contributed by atoms with Gasteiger partial charge in [-0.05, 0) is 38.8 Å². The van der Waals surface area contributed by atoms with Crippen molar-refractivity contribution in [1.82, 2.24) is 15.6 Å². The molecule has 2 N–H and O–H groups in total. The van der Waals surface area contributed by atoms with E-state index in [4.69, 9.17) is 0 Å². The summed E-state index contributed by atoms with van der Waals surface area (Å²) < 4.78 is 0. The van der Waals surface area contributed by atoms with Crippen LogP contribution in [-0.2, 0) is 6.42 Å². The van der Waals surface area contributed by atoms with Crippen LogP contribution in [0.2, 0.25) is 0 Å². The Morgan fingerprint density at radius 3 is 2.81 bits per heavy atom. The highest BCUT2D eigenvalue weighted by molar-refractivity contribution is 7.09. The SMILES string of the molecule is CN=C(NCCCc1nc(C)cs1)NC1CCN(c2ccc(C)cc2)C1. The number of thiazole rings is 1. The molecule has 0 bridgehead atoms. The van der Waals surface area contributed by atoms with Crippen molar-refractivity contribution in [3.8, 4) is 0 Å². The van der Waals surface area contributed by atoms with Crippen molar-refractivity contribution in [1.29, 1.82) is 0 Å². The number of anilines is 1. The van der Waals surface area contributed by atoms with E-state index in [1.54, 1.807) is 11.3 Å². The van der Waals surface area contributed by atoms with Crippen LogP contribution in [0.5, 0.6) is 0 Å². The average molecular weight is 372 g/mol. The van der Waals surface area contributed by atoms with Crippen LogP contribution in [0, 0.1) is 13.8 Å². The van der Waals surface area contributed by atoms with E-state index in [0.717, 1.165) is 50.6 Å². The van der Waals surface area contributed by atoms with Gasteiger partial charge in [0.2, 0.25) is 0 Å². The van der Waals surface area contributed by atoms with E-state index in [0.29, 0.717) is 6.04 Å². The second kappa shape index (κ2) is 9.03. The fraction of sp³-hybridized carbons (Fsp3) is 0.500. The molecule has 1 atom stereocenters. The van der Waals surface area contributed by atoms with Crippen molar-refractivity contribution < 1.29 is 0 Å². The van der Waals surface area contributed by atoms with Crippen molar-refractivity contribution >= 4 is 23.0 Å². The summed E-state index contributed by atoms with van der Waals surface area (Å²) in [5, 5.41) is 10.3. The maximum absolute atomic E-state index is 4.51. The second-order valence-electron chi connectivity index (χ2n) is 6.90. The van der Waals surface area contributed by atoms with Gasteiger partial charge in [-0.25, -0.2) is 4.98 Å². The van der Waals surface area contributed by atoms with Crippen LogP contribution in [-0.4, -0.2) is 43.7 Å². The van der Waals surface area contributed by atoms with E-state index in [1.807, 2.05) is 14.0 Å². The van der Waals surface area contributed by atoms with Crippen LogP contribution in [0.15, 0.2) is 34.6 Å². The highest BCUT2D eigenvalue weighted by atomic mass is 32.1. The lowest BCUT2D eigenvalue weighted by Crippen LogP contribution is -2.44. The molecule has 3 rings (SSSR count). The Hall–Kier alpha value is -2.08. The third-order valence-corrected chi connectivity index (χ3v) is 5.70. The first-order chi connectivity index (χ1) is 12.6. The highest BCUT2D eigenvalue weighted by Crippen LogP contribution is 2.20. The maximum atomic E-state index is 4.51. The highest BCUT2D eigenvalue weighted by Gasteiger charge is 2.23. The van der Waals surface area contributed by atoms with Gasteiger partial charge in [0.05, 0.1) is 5.01 Å². The molecule has 6 heteroatoms. The molecule has 0 amide bonds. The van der Waals surface area contributed by atoms with Crippen LogP contribution in [0.3, 0.4) is 0 Å². The molecule has 0 spiro atoms. The van der Waals surface area contributed by atoms with Crippen molar-refractivity contribution in [3.05, 3.63) is 45.9 Å². The lowest BCUT2D eigenvalue weighted by atomic mass is 10.2. The summed E-state index contributed by atoms with van der Waals surface area (Å²) in [7, 11) is 1.84. The fourth-order valence-corrected chi connectivity index (χ4v) is 4.04. The number of guanidine groups is 1. The molecule has 1 aliphatic heterocycles. The Bertz CT molecular complexity index is 722. The predicted molar refractivity (Wildman–Crippen MR) is 111 cm³/mol. The molecule has 5 nitrogen and oxygen atoms in total. The summed E-state index contributed by atoms with van der Waals surface area (Å²) in [6.07, 6.45) is 3.22. The molecule has 0 saturated carbocycles. The number of hydrogen-bond donors (Lipinski definition) is 2. The van der Waals surface area contributed by atoms with Gasteiger partial charge in [0.25, 0.3) is 0 Å². The minimum atomic E-state index is 0.434. The zero-order valence-corrected chi connectivity index (χ0v) is 16.8. The van der Waals surface area contributed by atoms with Gasteiger partial charge in [-0.3, -0.25) is 4.99 Å². The molecule has 0 aliphatic carbocycles. The molecule has 1 aromatic heterocycles. The minimum absolute atomic E-state index is 0.434. The number of aliphatic imine (C=N–C) groups is 1. The fourth-order valence-electron chi connectivity index (χ4n) is 3.22. The Morgan fingerprint density at radius 1 is 1.31 bits per heavy atom. The van der Waals surface area contributed by atoms with Crippen LogP contribution in [0.25, 0.3) is 0 Å². The molecule has 140 valence electrons. The molecule has 2 aromatic rings. The van der Waals surface area contributed by atoms with Crippen molar-refractivity contribution in [2.75, 3.05) is 31.6 Å². The molecule has 1 aromatic carbocycles. The molecule has 1 saturated heterocycles. The summed E-state index contributed by atoms with van der Waals surface area (Å²) in [6.45, 7) is 7.19. The third-order valence-electron chi connectivity index (χ3n) is 4.68. The summed E-state index contributed by atoms with van der Waals surface area (Å²) in [5.74, 6) is 0.899. The van der Waals surface area contributed by atoms with Crippen LogP contribution in [0.1, 0.15) is 29.1 Å². The van der Waals surface area contributed by atoms with Gasteiger partial charge >= 0.3 is 0 Å². The molecular formula is C20H29N5S. The molecule has 1 fully saturated rings. The first-order valence-corrected chi connectivity index (χ1v) is 10.2. The molecule has 2 heterocycles. The van der Waals surface area contributed by atoms with Crippen molar-refractivity contribution in [2.24, 2.45) is 4.99 Å². The minimum Gasteiger partial charge on any atom is -0.369 e. The first kappa shape index (κ1) is 18.7. The zero-order valence-electron chi connectivity index (χ0n) is 16.0. The maximum Gasteiger partial charge on any atom is 0.191 e. The molecule has 1 unspecified atom stereocenters. The second-order valence-corrected chi connectivity index (χ2v) is 7.84. The number of rotatable bonds is 6. The predicted octanol–water partition coefficient (Wildman–Crippen LogP) is 3.14. The monoisotopic (exact) mass is 371 g/mol. The first-order valence-electron chi connectivity index (χ1n) is 9.34. The van der Waals surface area contributed by atoms with E-state index in [-0.39, 0.29) is 0 Å². The summed E-state index contributed by atoms with van der Waals surface area (Å²) in [4.78, 5) is 11.3. The lowest BCUT2D eigenvalue weighted by Gasteiger charge is -2.20. The third kappa shape index (κ3) is 5.21. The van der Waals surface area contributed by atoms with E-state index in [1.165, 1.54) is 16.3 Å². The van der Waals surface area contributed by atoms with Gasteiger partial charge in [-0.1, -0.05) is 17.7 Å². The molecule has 1 aliphatic rings. The van der Waals surface area contributed by atoms with E-state index in [2.05, 4.69) is 62.1 Å². The summed E-state index contributed by atoms with van der Waals surface area (Å²) in [5.41, 5.74) is 3.73. The number of aromatic nitrogens is 1. The molecular weight excluding hydrogens is 342 g/mol. The standard InChI is InChI=1S/C20H29N5S/c1-15-6-8-18(9-7-15)25-12-10-17(13-25)24-20(21-3)22-11-4-5-19-23-16(2)14-26-19/h6-9,14,17H,4-5,10-13H2,1-3H3,(H2,21,22,24). The van der Waals surface area contributed by atoms with E-state index in [9.17, 15) is 0 Å². The Labute approximate surface area is 160 Å². The van der Waals surface area contributed by atoms with Gasteiger partial charge in [-0.2, -0.15) is 0 Å². The number of aryl methyl sites for hydroxylation is 3. The average Bonchev–Trinajstić information content (AvgIpc) is 3.27. The van der Waals surface area contributed by atoms with Crippen LogP contribution in [0.4, 0.5) is 5.69 Å². The summed E-state index contributed by atoms with van der Waals surface area (Å²) >= 11 is 1.75. The largest absolute Gasteiger partial charge is 0.369 e. The molecule has 26 heavy (non-hydrogen) atoms. The summed E-state index contributed by atoms with van der Waals surface area (Å²) in [6, 6.07) is 9.22. The zero-order chi connectivity index (χ0) is 18.4. The van der Waals surface area contributed by atoms with Gasteiger partial charge in [0, 0.05) is 55.9 Å². The quantitative estimate of drug-likeness (QED) is 0.465. The topological polar surface area (TPSA) is 52.6 Å². The lowest BCUT2D eigenvalue weighted by molar-refractivity contribution is 0.643. The normalized spacial score (nSPS) is 17.6. The van der Waals surface area contributed by atoms with Gasteiger partial charge in [-0.15, -0.1) is 11.3 Å². The Morgan fingerprint density at radius 2 is 2.12 bits per heavy atom. The van der Waals surface area contributed by atoms with Crippen molar-refractivity contribution in [3.63, 3.8) is 0 Å². The van der Waals surface area contributed by atoms with Gasteiger partial charge < -0.3 is 15.5 Å². The Balaban J connectivity index is 1.40. The van der Waals surface area contributed by atoms with Crippen molar-refractivity contribution in [2.45, 2.75) is 39.2 Å². The van der Waals surface area contributed by atoms with E-state index < -0.39 is 0 Å².